The maximum Gasteiger partial charge on any atom is 0.204 e. The molecule has 1 heterocycles. The number of hydrogen-bond donors (Lipinski definition) is 1. The van der Waals surface area contributed by atoms with Gasteiger partial charge in [-0.3, -0.25) is 4.79 Å². The molecule has 1 amide bonds. The van der Waals surface area contributed by atoms with E-state index in [0.29, 0.717) is 0 Å². The topological polar surface area (TPSA) is 43.1 Å². The molecule has 0 spiro atoms. The number of primary amides is 1. The maximum atomic E-state index is 8.58. The van der Waals surface area contributed by atoms with E-state index in [1.807, 2.05) is 11.3 Å². The van der Waals surface area contributed by atoms with Crippen molar-refractivity contribution in [2.75, 3.05) is 0 Å². The lowest BCUT2D eigenvalue weighted by Crippen LogP contribution is -1.82. The van der Waals surface area contributed by atoms with Gasteiger partial charge in [0.1, 0.15) is 0 Å². The first-order chi connectivity index (χ1) is 5.54. The van der Waals surface area contributed by atoms with Crippen LogP contribution in [0.25, 0.3) is 0 Å². The Morgan fingerprint density at radius 2 is 1.33 bits per heavy atom. The lowest BCUT2D eigenvalue weighted by atomic mass is 10.2. The van der Waals surface area contributed by atoms with E-state index in [2.05, 4.69) is 33.4 Å². The van der Waals surface area contributed by atoms with Crippen LogP contribution >= 0.6 is 11.3 Å². The fraction of sp³-hybridized carbons (Fsp3) is 0.444. The van der Waals surface area contributed by atoms with Gasteiger partial charge < -0.3 is 5.73 Å². The molecule has 0 aromatic carbocycles. The summed E-state index contributed by atoms with van der Waals surface area (Å²) in [6, 6.07) is 0. The first-order valence-corrected chi connectivity index (χ1v) is 4.54. The molecule has 0 saturated carbocycles. The van der Waals surface area contributed by atoms with Crippen molar-refractivity contribution in [1.29, 1.82) is 0 Å². The van der Waals surface area contributed by atoms with E-state index in [-0.39, 0.29) is 6.41 Å². The zero-order valence-corrected chi connectivity index (χ0v) is 8.79. The Morgan fingerprint density at radius 3 is 1.42 bits per heavy atom. The molecule has 1 aromatic heterocycles. The standard InChI is InChI=1S/C8H12S.CH3NO/c1-5-6(2)8(4)9-7(5)3;2-1-3/h1-4H3;1H,(H2,2,3). The van der Waals surface area contributed by atoms with Crippen LogP contribution in [0, 0.1) is 27.7 Å². The average molecular weight is 185 g/mol. The van der Waals surface area contributed by atoms with Crippen molar-refractivity contribution in [2.45, 2.75) is 27.7 Å². The molecule has 1 aromatic rings. The number of hydrogen-bond acceptors (Lipinski definition) is 2. The number of carbonyl (C=O) groups is 1. The molecule has 0 aliphatic carbocycles. The van der Waals surface area contributed by atoms with Crippen LogP contribution in [0.15, 0.2) is 0 Å². The van der Waals surface area contributed by atoms with Crippen molar-refractivity contribution in [3.05, 3.63) is 20.9 Å². The first kappa shape index (κ1) is 11.2. The van der Waals surface area contributed by atoms with E-state index in [9.17, 15) is 0 Å². The summed E-state index contributed by atoms with van der Waals surface area (Å²) in [6.45, 7) is 8.74. The second-order valence-electron chi connectivity index (χ2n) is 2.60. The largest absolute Gasteiger partial charge is 0.372 e. The summed E-state index contributed by atoms with van der Waals surface area (Å²) in [5, 5.41) is 0. The normalized spacial score (nSPS) is 8.67. The Hall–Kier alpha value is -0.830. The Labute approximate surface area is 77.4 Å². The molecule has 0 atom stereocenters. The van der Waals surface area contributed by atoms with E-state index in [1.54, 1.807) is 0 Å². The maximum absolute atomic E-state index is 8.58. The third kappa shape index (κ3) is 2.66. The second kappa shape index (κ2) is 4.93. The van der Waals surface area contributed by atoms with Crippen molar-refractivity contribution in [2.24, 2.45) is 5.73 Å². The van der Waals surface area contributed by atoms with Gasteiger partial charge in [0.05, 0.1) is 0 Å². The number of rotatable bonds is 0. The van der Waals surface area contributed by atoms with E-state index < -0.39 is 0 Å². The zero-order valence-electron chi connectivity index (χ0n) is 7.97. The molecule has 1 rings (SSSR count). The van der Waals surface area contributed by atoms with Crippen LogP contribution in [0.5, 0.6) is 0 Å². The minimum atomic E-state index is 0.250. The van der Waals surface area contributed by atoms with Crippen molar-refractivity contribution >= 4 is 17.7 Å². The van der Waals surface area contributed by atoms with Gasteiger partial charge in [-0.2, -0.15) is 0 Å². The van der Waals surface area contributed by atoms with Gasteiger partial charge in [0.15, 0.2) is 0 Å². The summed E-state index contributed by atoms with van der Waals surface area (Å²) in [7, 11) is 0. The van der Waals surface area contributed by atoms with E-state index in [1.165, 1.54) is 20.9 Å². The smallest absolute Gasteiger partial charge is 0.204 e. The molecule has 0 unspecified atom stereocenters. The van der Waals surface area contributed by atoms with E-state index >= 15 is 0 Å². The lowest BCUT2D eigenvalue weighted by Gasteiger charge is -1.88. The summed E-state index contributed by atoms with van der Waals surface area (Å²) < 4.78 is 0. The number of nitrogens with two attached hydrogens (primary N) is 1. The summed E-state index contributed by atoms with van der Waals surface area (Å²) in [5.41, 5.74) is 7.11. The first-order valence-electron chi connectivity index (χ1n) is 3.73. The van der Waals surface area contributed by atoms with Gasteiger partial charge in [0, 0.05) is 9.75 Å². The minimum Gasteiger partial charge on any atom is -0.372 e. The fourth-order valence-electron chi connectivity index (χ4n) is 0.911. The molecule has 68 valence electrons. The molecule has 0 saturated heterocycles. The number of aryl methyl sites for hydroxylation is 2. The van der Waals surface area contributed by atoms with Crippen LogP contribution in [0.4, 0.5) is 0 Å². The van der Waals surface area contributed by atoms with Crippen molar-refractivity contribution in [1.82, 2.24) is 0 Å². The fourth-order valence-corrected chi connectivity index (χ4v) is 1.98. The molecule has 0 bridgehead atoms. The van der Waals surface area contributed by atoms with Crippen LogP contribution in [0.2, 0.25) is 0 Å². The summed E-state index contributed by atoms with van der Waals surface area (Å²) in [6.07, 6.45) is 0.250. The monoisotopic (exact) mass is 185 g/mol. The molecule has 3 heteroatoms. The molecule has 2 nitrogen and oxygen atoms in total. The highest BCUT2D eigenvalue weighted by atomic mass is 32.1. The van der Waals surface area contributed by atoms with Gasteiger partial charge in [-0.1, -0.05) is 0 Å². The van der Waals surface area contributed by atoms with Crippen LogP contribution in [0.3, 0.4) is 0 Å². The van der Waals surface area contributed by atoms with Gasteiger partial charge in [0.2, 0.25) is 6.41 Å². The molecule has 0 aliphatic rings. The Balaban J connectivity index is 0.000000354. The number of carbonyl (C=O) groups excluding carboxylic acids is 1. The van der Waals surface area contributed by atoms with Crippen LogP contribution < -0.4 is 5.73 Å². The van der Waals surface area contributed by atoms with Gasteiger partial charge in [0.25, 0.3) is 0 Å². The van der Waals surface area contributed by atoms with Crippen LogP contribution in [-0.2, 0) is 4.79 Å². The number of thiophene rings is 1. The van der Waals surface area contributed by atoms with Crippen LogP contribution in [-0.4, -0.2) is 6.41 Å². The van der Waals surface area contributed by atoms with E-state index in [4.69, 9.17) is 4.79 Å². The highest BCUT2D eigenvalue weighted by molar-refractivity contribution is 7.12. The molecule has 0 fully saturated rings. The molecule has 0 radical (unpaired) electrons. The van der Waals surface area contributed by atoms with Crippen molar-refractivity contribution in [3.63, 3.8) is 0 Å². The quantitative estimate of drug-likeness (QED) is 0.618. The Morgan fingerprint density at radius 1 is 1.08 bits per heavy atom. The minimum absolute atomic E-state index is 0.250. The van der Waals surface area contributed by atoms with Gasteiger partial charge in [-0.25, -0.2) is 0 Å². The molecular formula is C9H15NOS. The molecular weight excluding hydrogens is 170 g/mol. The van der Waals surface area contributed by atoms with Gasteiger partial charge in [-0.05, 0) is 38.8 Å². The summed E-state index contributed by atoms with van der Waals surface area (Å²) in [5.74, 6) is 0. The van der Waals surface area contributed by atoms with Crippen LogP contribution in [0.1, 0.15) is 20.9 Å². The predicted octanol–water partition coefficient (Wildman–Crippen LogP) is 2.08. The highest BCUT2D eigenvalue weighted by Gasteiger charge is 2.02. The Bertz CT molecular complexity index is 243. The number of amides is 1. The second-order valence-corrected chi connectivity index (χ2v) is 4.03. The van der Waals surface area contributed by atoms with Crippen molar-refractivity contribution < 1.29 is 4.79 Å². The SMILES string of the molecule is Cc1sc(C)c(C)c1C.NC=O. The summed E-state index contributed by atoms with van der Waals surface area (Å²) in [4.78, 5) is 11.5. The van der Waals surface area contributed by atoms with Gasteiger partial charge >= 0.3 is 0 Å². The molecule has 0 aliphatic heterocycles. The Kier molecular flexibility index (Phi) is 4.59. The third-order valence-electron chi connectivity index (χ3n) is 1.92. The average Bonchev–Trinajstić information content (AvgIpc) is 2.20. The van der Waals surface area contributed by atoms with Gasteiger partial charge in [-0.15, -0.1) is 11.3 Å². The van der Waals surface area contributed by atoms with E-state index in [0.717, 1.165) is 0 Å². The third-order valence-corrected chi connectivity index (χ3v) is 3.15. The highest BCUT2D eigenvalue weighted by Crippen LogP contribution is 2.24. The van der Waals surface area contributed by atoms with Crippen molar-refractivity contribution in [3.8, 4) is 0 Å². The predicted molar refractivity (Wildman–Crippen MR) is 53.5 cm³/mol. The summed E-state index contributed by atoms with van der Waals surface area (Å²) >= 11 is 1.90. The lowest BCUT2D eigenvalue weighted by molar-refractivity contribution is -0.106. The molecule has 12 heavy (non-hydrogen) atoms. The molecule has 2 N–H and O–H groups in total. The zero-order chi connectivity index (χ0) is 9.72.